The minimum absolute atomic E-state index is 0.102. The highest BCUT2D eigenvalue weighted by Gasteiger charge is 2.06. The largest absolute Gasteiger partial charge is 0.483 e. The van der Waals surface area contributed by atoms with Crippen LogP contribution in [0.15, 0.2) is 46.9 Å². The molecule has 0 amide bonds. The Morgan fingerprint density at radius 1 is 1.10 bits per heavy atom. The van der Waals surface area contributed by atoms with Gasteiger partial charge in [-0.3, -0.25) is 0 Å². The number of hydrogen-bond acceptors (Lipinski definition) is 4. The van der Waals surface area contributed by atoms with Crippen LogP contribution in [0.2, 0.25) is 0 Å². The Labute approximate surface area is 116 Å². The zero-order valence-corrected chi connectivity index (χ0v) is 11.2. The Kier molecular flexibility index (Phi) is 3.39. The summed E-state index contributed by atoms with van der Waals surface area (Å²) in [5.74, 6) is 1.95. The molecule has 1 aromatic carbocycles. The number of nitrogens with zero attached hydrogens (tertiary/aromatic N) is 1. The summed E-state index contributed by atoms with van der Waals surface area (Å²) in [5, 5.41) is 10.0. The number of para-hydroxylation sites is 1. The lowest BCUT2D eigenvalue weighted by Crippen LogP contribution is -1.96. The van der Waals surface area contributed by atoms with E-state index in [0.29, 0.717) is 18.1 Å². The summed E-state index contributed by atoms with van der Waals surface area (Å²) in [5.41, 5.74) is 1.80. The number of fused-ring (bicyclic) bond motifs is 1. The third-order valence-electron chi connectivity index (χ3n) is 3.07. The van der Waals surface area contributed by atoms with Crippen LogP contribution in [0, 0.1) is 6.92 Å². The molecule has 0 radical (unpaired) electrons. The van der Waals surface area contributed by atoms with Gasteiger partial charge in [0.25, 0.3) is 0 Å². The minimum Gasteiger partial charge on any atom is -0.483 e. The fourth-order valence-corrected chi connectivity index (χ4v) is 2.07. The number of ether oxygens (including phenoxy) is 1. The van der Waals surface area contributed by atoms with E-state index in [4.69, 9.17) is 14.3 Å². The number of furan rings is 1. The molecule has 0 aliphatic heterocycles. The van der Waals surface area contributed by atoms with E-state index >= 15 is 0 Å². The molecule has 0 atom stereocenters. The van der Waals surface area contributed by atoms with Gasteiger partial charge < -0.3 is 14.3 Å². The summed E-state index contributed by atoms with van der Waals surface area (Å²) in [4.78, 5) is 4.51. The van der Waals surface area contributed by atoms with E-state index in [1.165, 1.54) is 0 Å². The molecule has 3 rings (SSSR count). The van der Waals surface area contributed by atoms with Crippen LogP contribution >= 0.6 is 0 Å². The second kappa shape index (κ2) is 5.35. The number of benzene rings is 1. The molecule has 4 nitrogen and oxygen atoms in total. The van der Waals surface area contributed by atoms with Gasteiger partial charge in [-0.05, 0) is 31.2 Å². The summed E-state index contributed by atoms with van der Waals surface area (Å²) >= 11 is 0. The molecule has 4 heteroatoms. The lowest BCUT2D eigenvalue weighted by Gasteiger charge is -2.08. The highest BCUT2D eigenvalue weighted by Crippen LogP contribution is 2.25. The van der Waals surface area contributed by atoms with Crippen molar-refractivity contribution in [2.75, 3.05) is 0 Å². The van der Waals surface area contributed by atoms with E-state index in [2.05, 4.69) is 4.98 Å². The van der Waals surface area contributed by atoms with Gasteiger partial charge in [-0.1, -0.05) is 18.2 Å². The molecule has 20 heavy (non-hydrogen) atoms. The third kappa shape index (κ3) is 2.51. The van der Waals surface area contributed by atoms with E-state index in [0.717, 1.165) is 22.3 Å². The van der Waals surface area contributed by atoms with Gasteiger partial charge in [-0.25, -0.2) is 4.98 Å². The summed E-state index contributed by atoms with van der Waals surface area (Å²) in [6.45, 7) is 2.17. The number of aliphatic hydroxyl groups excluding tert-OH is 1. The fourth-order valence-electron chi connectivity index (χ4n) is 2.07. The van der Waals surface area contributed by atoms with Gasteiger partial charge in [0.05, 0.1) is 0 Å². The third-order valence-corrected chi connectivity index (χ3v) is 3.07. The van der Waals surface area contributed by atoms with Crippen molar-refractivity contribution >= 4 is 10.9 Å². The minimum atomic E-state index is -0.102. The van der Waals surface area contributed by atoms with Crippen molar-refractivity contribution in [2.45, 2.75) is 20.1 Å². The normalized spacial score (nSPS) is 10.9. The average Bonchev–Trinajstić information content (AvgIpc) is 2.93. The molecular weight excluding hydrogens is 254 g/mol. The maximum atomic E-state index is 8.96. The van der Waals surface area contributed by atoms with Crippen molar-refractivity contribution in [3.8, 4) is 5.75 Å². The predicted octanol–water partition coefficient (Wildman–Crippen LogP) is 3.21. The lowest BCUT2D eigenvalue weighted by molar-refractivity contribution is 0.225. The summed E-state index contributed by atoms with van der Waals surface area (Å²) in [7, 11) is 0. The van der Waals surface area contributed by atoms with Crippen molar-refractivity contribution < 1.29 is 14.3 Å². The van der Waals surface area contributed by atoms with Crippen LogP contribution in [-0.4, -0.2) is 10.1 Å². The highest BCUT2D eigenvalue weighted by atomic mass is 16.5. The van der Waals surface area contributed by atoms with Gasteiger partial charge in [0.1, 0.15) is 36.0 Å². The van der Waals surface area contributed by atoms with E-state index in [1.54, 1.807) is 12.1 Å². The monoisotopic (exact) mass is 269 g/mol. The van der Waals surface area contributed by atoms with Crippen LogP contribution in [-0.2, 0) is 13.2 Å². The maximum Gasteiger partial charge on any atom is 0.146 e. The molecule has 0 bridgehead atoms. The maximum absolute atomic E-state index is 8.96. The van der Waals surface area contributed by atoms with Crippen LogP contribution in [0.25, 0.3) is 10.9 Å². The van der Waals surface area contributed by atoms with E-state index < -0.39 is 0 Å². The van der Waals surface area contributed by atoms with Gasteiger partial charge >= 0.3 is 0 Å². The predicted molar refractivity (Wildman–Crippen MR) is 75.4 cm³/mol. The van der Waals surface area contributed by atoms with E-state index in [9.17, 15) is 0 Å². The van der Waals surface area contributed by atoms with Gasteiger partial charge in [-0.2, -0.15) is 0 Å². The van der Waals surface area contributed by atoms with Crippen molar-refractivity contribution in [1.29, 1.82) is 0 Å². The van der Waals surface area contributed by atoms with E-state index in [-0.39, 0.29) is 6.61 Å². The molecular formula is C16H15NO3. The van der Waals surface area contributed by atoms with Crippen LogP contribution in [0.4, 0.5) is 0 Å². The van der Waals surface area contributed by atoms with Crippen molar-refractivity contribution in [3.63, 3.8) is 0 Å². The number of aromatic nitrogens is 1. The van der Waals surface area contributed by atoms with Crippen LogP contribution in [0.5, 0.6) is 5.75 Å². The van der Waals surface area contributed by atoms with Crippen molar-refractivity contribution in [3.05, 3.63) is 59.7 Å². The Morgan fingerprint density at radius 3 is 2.75 bits per heavy atom. The zero-order valence-electron chi connectivity index (χ0n) is 11.2. The SMILES string of the molecule is Cc1ccc2cccc(OCc3ccc(CO)o3)c2n1. The van der Waals surface area contributed by atoms with Gasteiger partial charge in [-0.15, -0.1) is 0 Å². The second-order valence-electron chi connectivity index (χ2n) is 4.60. The lowest BCUT2D eigenvalue weighted by atomic mass is 10.2. The average molecular weight is 269 g/mol. The van der Waals surface area contributed by atoms with Gasteiger partial charge in [0.2, 0.25) is 0 Å². The Balaban J connectivity index is 1.85. The Hall–Kier alpha value is -2.33. The first-order valence-electron chi connectivity index (χ1n) is 6.44. The zero-order chi connectivity index (χ0) is 13.9. The molecule has 2 aromatic heterocycles. The molecule has 3 aromatic rings. The molecule has 0 aliphatic rings. The van der Waals surface area contributed by atoms with Gasteiger partial charge in [0, 0.05) is 11.1 Å². The summed E-state index contributed by atoms with van der Waals surface area (Å²) in [6.07, 6.45) is 0. The smallest absolute Gasteiger partial charge is 0.146 e. The second-order valence-corrected chi connectivity index (χ2v) is 4.60. The van der Waals surface area contributed by atoms with Gasteiger partial charge in [0.15, 0.2) is 0 Å². The first-order valence-corrected chi connectivity index (χ1v) is 6.44. The molecule has 0 fully saturated rings. The molecule has 0 aliphatic carbocycles. The summed E-state index contributed by atoms with van der Waals surface area (Å²) < 4.78 is 11.2. The molecule has 0 spiro atoms. The molecule has 0 saturated carbocycles. The highest BCUT2D eigenvalue weighted by molar-refractivity contribution is 5.84. The first kappa shape index (κ1) is 12.7. The topological polar surface area (TPSA) is 55.5 Å². The number of aliphatic hydroxyl groups is 1. The standard InChI is InChI=1S/C16H15NO3/c1-11-5-6-12-3-2-4-15(16(12)17-11)19-10-14-8-7-13(9-18)20-14/h2-8,18H,9-10H2,1H3. The Bertz CT molecular complexity index is 733. The quantitative estimate of drug-likeness (QED) is 0.790. The Morgan fingerprint density at radius 2 is 1.95 bits per heavy atom. The first-order chi connectivity index (χ1) is 9.76. The molecule has 0 saturated heterocycles. The molecule has 0 unspecified atom stereocenters. The number of aryl methyl sites for hydroxylation is 1. The number of rotatable bonds is 4. The van der Waals surface area contributed by atoms with Crippen molar-refractivity contribution in [2.24, 2.45) is 0 Å². The number of pyridine rings is 1. The molecule has 1 N–H and O–H groups in total. The summed E-state index contributed by atoms with van der Waals surface area (Å²) in [6, 6.07) is 13.4. The van der Waals surface area contributed by atoms with Crippen molar-refractivity contribution in [1.82, 2.24) is 4.98 Å². The molecule has 102 valence electrons. The van der Waals surface area contributed by atoms with Crippen LogP contribution in [0.3, 0.4) is 0 Å². The number of hydrogen-bond donors (Lipinski definition) is 1. The van der Waals surface area contributed by atoms with Crippen LogP contribution < -0.4 is 4.74 Å². The molecule has 2 heterocycles. The fraction of sp³-hybridized carbons (Fsp3) is 0.188. The van der Waals surface area contributed by atoms with E-state index in [1.807, 2.05) is 37.3 Å². The van der Waals surface area contributed by atoms with Crippen LogP contribution in [0.1, 0.15) is 17.2 Å².